The molecule has 1 aromatic carbocycles. The molecule has 0 radical (unpaired) electrons. The lowest BCUT2D eigenvalue weighted by atomic mass is 10.2. The zero-order chi connectivity index (χ0) is 10.7. The number of carboxylic acid groups (broad SMARTS) is 1. The second kappa shape index (κ2) is 4.41. The third kappa shape index (κ3) is 2.04. The SMILES string of the molecule is CCOc1ccc(C(=O)O)c(Br)c1F. The highest BCUT2D eigenvalue weighted by Crippen LogP contribution is 2.28. The fourth-order valence-electron chi connectivity index (χ4n) is 0.964. The molecule has 5 heteroatoms. The van der Waals surface area contributed by atoms with Crippen molar-refractivity contribution in [2.24, 2.45) is 0 Å². The Balaban J connectivity index is 3.19. The molecule has 0 aliphatic heterocycles. The highest BCUT2D eigenvalue weighted by atomic mass is 79.9. The molecule has 0 spiro atoms. The van der Waals surface area contributed by atoms with Gasteiger partial charge in [-0.05, 0) is 35.0 Å². The number of halogens is 2. The van der Waals surface area contributed by atoms with Crippen LogP contribution in [0.25, 0.3) is 0 Å². The van der Waals surface area contributed by atoms with Crippen molar-refractivity contribution in [3.05, 3.63) is 28.0 Å². The standard InChI is InChI=1S/C9H8BrFO3/c1-2-14-6-4-3-5(9(12)13)7(10)8(6)11/h3-4H,2H2,1H3,(H,12,13). The molecule has 1 aromatic rings. The quantitative estimate of drug-likeness (QED) is 0.911. The minimum Gasteiger partial charge on any atom is -0.491 e. The predicted molar refractivity (Wildman–Crippen MR) is 52.2 cm³/mol. The lowest BCUT2D eigenvalue weighted by molar-refractivity contribution is 0.0695. The summed E-state index contributed by atoms with van der Waals surface area (Å²) in [6.45, 7) is 2.05. The molecule has 0 aromatic heterocycles. The molecule has 0 amide bonds. The maximum absolute atomic E-state index is 13.4. The van der Waals surface area contributed by atoms with Crippen LogP contribution in [0.1, 0.15) is 17.3 Å². The Morgan fingerprint density at radius 3 is 2.79 bits per heavy atom. The van der Waals surface area contributed by atoms with Crippen molar-refractivity contribution in [2.45, 2.75) is 6.92 Å². The number of carbonyl (C=O) groups is 1. The molecular formula is C9H8BrFO3. The van der Waals surface area contributed by atoms with Gasteiger partial charge in [-0.15, -0.1) is 0 Å². The van der Waals surface area contributed by atoms with Crippen LogP contribution in [0.5, 0.6) is 5.75 Å². The first kappa shape index (κ1) is 11.0. The van der Waals surface area contributed by atoms with Gasteiger partial charge in [0.1, 0.15) is 0 Å². The Morgan fingerprint density at radius 2 is 2.29 bits per heavy atom. The van der Waals surface area contributed by atoms with E-state index in [4.69, 9.17) is 9.84 Å². The van der Waals surface area contributed by atoms with Crippen LogP contribution in [0.15, 0.2) is 16.6 Å². The first-order chi connectivity index (χ1) is 6.57. The van der Waals surface area contributed by atoms with E-state index in [0.717, 1.165) is 0 Å². The fraction of sp³-hybridized carbons (Fsp3) is 0.222. The Hall–Kier alpha value is -1.10. The monoisotopic (exact) mass is 262 g/mol. The van der Waals surface area contributed by atoms with Crippen molar-refractivity contribution >= 4 is 21.9 Å². The van der Waals surface area contributed by atoms with E-state index >= 15 is 0 Å². The molecule has 0 atom stereocenters. The Kier molecular flexibility index (Phi) is 3.46. The Bertz CT molecular complexity index is 365. The summed E-state index contributed by atoms with van der Waals surface area (Å²) in [5.41, 5.74) is -0.119. The summed E-state index contributed by atoms with van der Waals surface area (Å²) >= 11 is 2.87. The molecule has 0 heterocycles. The second-order valence-electron chi connectivity index (χ2n) is 2.48. The second-order valence-corrected chi connectivity index (χ2v) is 3.27. The van der Waals surface area contributed by atoms with Gasteiger partial charge in [0.05, 0.1) is 16.6 Å². The van der Waals surface area contributed by atoms with Crippen molar-refractivity contribution in [1.82, 2.24) is 0 Å². The Morgan fingerprint density at radius 1 is 1.64 bits per heavy atom. The van der Waals surface area contributed by atoms with Crippen LogP contribution in [0.2, 0.25) is 0 Å². The van der Waals surface area contributed by atoms with Crippen molar-refractivity contribution in [3.63, 3.8) is 0 Å². The number of hydrogen-bond acceptors (Lipinski definition) is 2. The van der Waals surface area contributed by atoms with Gasteiger partial charge in [0, 0.05) is 0 Å². The van der Waals surface area contributed by atoms with Gasteiger partial charge in [-0.2, -0.15) is 0 Å². The summed E-state index contributed by atoms with van der Waals surface area (Å²) in [6, 6.07) is 2.59. The third-order valence-corrected chi connectivity index (χ3v) is 2.35. The van der Waals surface area contributed by atoms with Crippen LogP contribution in [0.4, 0.5) is 4.39 Å². The van der Waals surface area contributed by atoms with Crippen LogP contribution in [0, 0.1) is 5.82 Å². The lowest BCUT2D eigenvalue weighted by Gasteiger charge is -2.07. The largest absolute Gasteiger partial charge is 0.491 e. The van der Waals surface area contributed by atoms with Crippen LogP contribution < -0.4 is 4.74 Å². The van der Waals surface area contributed by atoms with Crippen LogP contribution in [-0.2, 0) is 0 Å². The van der Waals surface area contributed by atoms with E-state index in [1.54, 1.807) is 6.92 Å². The first-order valence-electron chi connectivity index (χ1n) is 3.92. The molecule has 14 heavy (non-hydrogen) atoms. The smallest absolute Gasteiger partial charge is 0.336 e. The van der Waals surface area contributed by atoms with E-state index in [0.29, 0.717) is 6.61 Å². The zero-order valence-electron chi connectivity index (χ0n) is 7.38. The summed E-state index contributed by atoms with van der Waals surface area (Å²) in [4.78, 5) is 10.6. The molecule has 1 N–H and O–H groups in total. The molecule has 0 bridgehead atoms. The van der Waals surface area contributed by atoms with E-state index in [2.05, 4.69) is 15.9 Å². The van der Waals surface area contributed by atoms with Crippen LogP contribution >= 0.6 is 15.9 Å². The van der Waals surface area contributed by atoms with Gasteiger partial charge in [0.15, 0.2) is 11.6 Å². The summed E-state index contributed by atoms with van der Waals surface area (Å²) < 4.78 is 18.2. The predicted octanol–water partition coefficient (Wildman–Crippen LogP) is 2.69. The summed E-state index contributed by atoms with van der Waals surface area (Å²) in [5, 5.41) is 8.67. The van der Waals surface area contributed by atoms with Gasteiger partial charge >= 0.3 is 5.97 Å². The van der Waals surface area contributed by atoms with Gasteiger partial charge in [-0.3, -0.25) is 0 Å². The fourth-order valence-corrected chi connectivity index (χ4v) is 1.46. The number of carboxylic acids is 1. The molecule has 0 aliphatic rings. The number of aromatic carboxylic acids is 1. The van der Waals surface area contributed by atoms with E-state index in [1.165, 1.54) is 12.1 Å². The van der Waals surface area contributed by atoms with Gasteiger partial charge in [-0.25, -0.2) is 9.18 Å². The van der Waals surface area contributed by atoms with E-state index in [-0.39, 0.29) is 15.8 Å². The number of hydrogen-bond donors (Lipinski definition) is 1. The van der Waals surface area contributed by atoms with Gasteiger partial charge in [0.25, 0.3) is 0 Å². The van der Waals surface area contributed by atoms with Gasteiger partial charge in [-0.1, -0.05) is 0 Å². The molecule has 3 nitrogen and oxygen atoms in total. The van der Waals surface area contributed by atoms with Crippen molar-refractivity contribution in [1.29, 1.82) is 0 Å². The van der Waals surface area contributed by atoms with E-state index in [9.17, 15) is 9.18 Å². The average Bonchev–Trinajstić information content (AvgIpc) is 2.13. The summed E-state index contributed by atoms with van der Waals surface area (Å²) in [5.74, 6) is -1.82. The minimum atomic E-state index is -1.18. The zero-order valence-corrected chi connectivity index (χ0v) is 8.97. The molecule has 0 aliphatic carbocycles. The molecule has 76 valence electrons. The molecular weight excluding hydrogens is 255 g/mol. The number of rotatable bonds is 3. The normalized spacial score (nSPS) is 9.93. The Labute approximate surface area is 88.6 Å². The highest BCUT2D eigenvalue weighted by molar-refractivity contribution is 9.10. The molecule has 0 saturated carbocycles. The number of ether oxygens (including phenoxy) is 1. The van der Waals surface area contributed by atoms with E-state index < -0.39 is 11.8 Å². The maximum Gasteiger partial charge on any atom is 0.336 e. The molecule has 0 unspecified atom stereocenters. The van der Waals surface area contributed by atoms with Crippen molar-refractivity contribution < 1.29 is 19.0 Å². The molecule has 1 rings (SSSR count). The summed E-state index contributed by atoms with van der Waals surface area (Å²) in [7, 11) is 0. The van der Waals surface area contributed by atoms with Gasteiger partial charge < -0.3 is 9.84 Å². The number of benzene rings is 1. The topological polar surface area (TPSA) is 46.5 Å². The highest BCUT2D eigenvalue weighted by Gasteiger charge is 2.16. The lowest BCUT2D eigenvalue weighted by Crippen LogP contribution is -2.02. The van der Waals surface area contributed by atoms with Crippen LogP contribution in [0.3, 0.4) is 0 Å². The first-order valence-corrected chi connectivity index (χ1v) is 4.71. The summed E-state index contributed by atoms with van der Waals surface area (Å²) in [6.07, 6.45) is 0. The van der Waals surface area contributed by atoms with Gasteiger partial charge in [0.2, 0.25) is 0 Å². The third-order valence-electron chi connectivity index (χ3n) is 1.58. The maximum atomic E-state index is 13.4. The van der Waals surface area contributed by atoms with Crippen LogP contribution in [-0.4, -0.2) is 17.7 Å². The van der Waals surface area contributed by atoms with Crippen molar-refractivity contribution in [3.8, 4) is 5.75 Å². The average molecular weight is 263 g/mol. The molecule has 0 fully saturated rings. The molecule has 0 saturated heterocycles. The van der Waals surface area contributed by atoms with E-state index in [1.807, 2.05) is 0 Å². The van der Waals surface area contributed by atoms with Crippen molar-refractivity contribution in [2.75, 3.05) is 6.61 Å². The minimum absolute atomic E-state index is 0.0457.